The van der Waals surface area contributed by atoms with Crippen molar-refractivity contribution < 1.29 is 0 Å². The van der Waals surface area contributed by atoms with Crippen molar-refractivity contribution in [1.82, 2.24) is 4.98 Å². The minimum atomic E-state index is -0.408. The van der Waals surface area contributed by atoms with E-state index in [2.05, 4.69) is 176 Å². The fraction of sp³-hybridized carbons (Fsp3) is 0.0200. The topological polar surface area (TPSA) is 12.9 Å². The molecule has 2 aromatic heterocycles. The number of hydrogen-bond acceptors (Lipinski definition) is 2. The predicted octanol–water partition coefficient (Wildman–Crippen LogP) is 13.4. The van der Waals surface area contributed by atoms with Crippen LogP contribution < -0.4 is 0 Å². The molecule has 52 heavy (non-hydrogen) atoms. The van der Waals surface area contributed by atoms with Gasteiger partial charge in [0, 0.05) is 36.5 Å². The second-order valence-corrected chi connectivity index (χ2v) is 15.2. The zero-order chi connectivity index (χ0) is 34.0. The highest BCUT2D eigenvalue weighted by molar-refractivity contribution is 7.26. The van der Waals surface area contributed by atoms with E-state index in [4.69, 9.17) is 4.98 Å². The van der Waals surface area contributed by atoms with Crippen LogP contribution in [0.3, 0.4) is 0 Å². The molecule has 1 nitrogen and oxygen atoms in total. The standard InChI is InChI=1S/C50H29NS/c1-6-22-40-33(15-1)34-16-2-7-23-41(34)50(40)42-24-8-3-19-39(42)46-43(50)28-27-37-35-17-4-9-25-44(35)51-48(47(37)46)31-14-11-13-30(29-31)32-20-12-21-38-36-18-5-10-26-45(36)52-49(32)38/h1-29H. The van der Waals surface area contributed by atoms with Gasteiger partial charge < -0.3 is 0 Å². The van der Waals surface area contributed by atoms with Gasteiger partial charge in [-0.1, -0.05) is 158 Å². The van der Waals surface area contributed by atoms with Crippen molar-refractivity contribution in [2.75, 3.05) is 0 Å². The number of para-hydroxylation sites is 1. The van der Waals surface area contributed by atoms with Crippen LogP contribution in [-0.2, 0) is 5.41 Å². The summed E-state index contributed by atoms with van der Waals surface area (Å²) < 4.78 is 2.65. The molecule has 0 amide bonds. The van der Waals surface area contributed by atoms with Crippen LogP contribution in [0, 0.1) is 0 Å². The Kier molecular flexibility index (Phi) is 5.65. The summed E-state index contributed by atoms with van der Waals surface area (Å²) in [5.74, 6) is 0. The first-order chi connectivity index (χ1) is 25.8. The largest absolute Gasteiger partial charge is 0.247 e. The van der Waals surface area contributed by atoms with Gasteiger partial charge in [0.15, 0.2) is 0 Å². The van der Waals surface area contributed by atoms with E-state index >= 15 is 0 Å². The van der Waals surface area contributed by atoms with Crippen molar-refractivity contribution >= 4 is 53.2 Å². The molecule has 0 aliphatic heterocycles. The molecule has 2 heterocycles. The molecule has 2 aliphatic rings. The lowest BCUT2D eigenvalue weighted by atomic mass is 9.70. The molecular formula is C50H29NS. The average molecular weight is 676 g/mol. The van der Waals surface area contributed by atoms with Crippen LogP contribution in [0.25, 0.3) is 86.5 Å². The molecule has 0 saturated heterocycles. The summed E-state index contributed by atoms with van der Waals surface area (Å²) in [6, 6.07) is 65.2. The molecular weight excluding hydrogens is 647 g/mol. The summed E-state index contributed by atoms with van der Waals surface area (Å²) in [6.45, 7) is 0. The molecule has 0 unspecified atom stereocenters. The quantitative estimate of drug-likeness (QED) is 0.166. The van der Waals surface area contributed by atoms with Crippen molar-refractivity contribution in [3.8, 4) is 44.6 Å². The van der Waals surface area contributed by atoms with E-state index in [1.54, 1.807) is 0 Å². The van der Waals surface area contributed by atoms with Gasteiger partial charge >= 0.3 is 0 Å². The van der Waals surface area contributed by atoms with Crippen LogP contribution in [0.2, 0.25) is 0 Å². The van der Waals surface area contributed by atoms with Crippen molar-refractivity contribution in [2.24, 2.45) is 0 Å². The monoisotopic (exact) mass is 675 g/mol. The minimum absolute atomic E-state index is 0.408. The molecule has 0 atom stereocenters. The van der Waals surface area contributed by atoms with E-state index in [1.165, 1.54) is 92.0 Å². The van der Waals surface area contributed by atoms with Crippen molar-refractivity contribution in [3.05, 3.63) is 198 Å². The molecule has 12 rings (SSSR count). The summed E-state index contributed by atoms with van der Waals surface area (Å²) in [6.07, 6.45) is 0. The highest BCUT2D eigenvalue weighted by Crippen LogP contribution is 2.64. The second kappa shape index (κ2) is 10.4. The summed E-state index contributed by atoms with van der Waals surface area (Å²) in [5.41, 5.74) is 15.9. The van der Waals surface area contributed by atoms with Crippen molar-refractivity contribution in [2.45, 2.75) is 5.41 Å². The molecule has 0 saturated carbocycles. The van der Waals surface area contributed by atoms with Gasteiger partial charge in [-0.3, -0.25) is 0 Å². The Hall–Kier alpha value is -6.35. The van der Waals surface area contributed by atoms with Crippen LogP contribution in [0.1, 0.15) is 22.3 Å². The molecule has 2 heteroatoms. The number of thiophene rings is 1. The average Bonchev–Trinajstić information content (AvgIpc) is 3.85. The number of hydrogen-bond donors (Lipinski definition) is 0. The van der Waals surface area contributed by atoms with E-state index in [9.17, 15) is 0 Å². The number of rotatable bonds is 2. The molecule has 1 spiro atoms. The molecule has 0 fully saturated rings. The Balaban J connectivity index is 1.19. The van der Waals surface area contributed by atoms with Gasteiger partial charge in [0.05, 0.1) is 16.6 Å². The number of nitrogens with zero attached hydrogens (tertiary/aromatic N) is 1. The van der Waals surface area contributed by atoms with Gasteiger partial charge in [-0.05, 0) is 79.2 Å². The van der Waals surface area contributed by atoms with E-state index in [0.29, 0.717) is 0 Å². The second-order valence-electron chi connectivity index (χ2n) is 14.1. The smallest absolute Gasteiger partial charge is 0.0794 e. The third-order valence-electron chi connectivity index (χ3n) is 11.7. The van der Waals surface area contributed by atoms with E-state index in [0.717, 1.165) is 16.8 Å². The normalized spacial score (nSPS) is 13.5. The number of pyridine rings is 1. The third kappa shape index (κ3) is 3.55. The maximum Gasteiger partial charge on any atom is 0.0794 e. The van der Waals surface area contributed by atoms with Gasteiger partial charge in [-0.25, -0.2) is 4.98 Å². The Bertz CT molecular complexity index is 3100. The highest BCUT2D eigenvalue weighted by Gasteiger charge is 2.52. The molecule has 10 aromatic rings. The Morgan fingerprint density at radius 3 is 1.81 bits per heavy atom. The maximum absolute atomic E-state index is 5.56. The lowest BCUT2D eigenvalue weighted by molar-refractivity contribution is 0.794. The van der Waals surface area contributed by atoms with Gasteiger partial charge in [0.25, 0.3) is 0 Å². The molecule has 8 aromatic carbocycles. The van der Waals surface area contributed by atoms with E-state index in [-0.39, 0.29) is 0 Å². The SMILES string of the molecule is c1cc(-c2cccc3c2sc2ccccc23)cc(-c2nc3ccccc3c3ccc4c(c23)-c2ccccc2C42c3ccccc3-c3ccccc32)c1. The molecule has 0 radical (unpaired) electrons. The third-order valence-corrected chi connectivity index (χ3v) is 12.9. The summed E-state index contributed by atoms with van der Waals surface area (Å²) in [4.78, 5) is 5.56. The first-order valence-corrected chi connectivity index (χ1v) is 18.8. The zero-order valence-electron chi connectivity index (χ0n) is 28.1. The maximum atomic E-state index is 5.56. The number of aromatic nitrogens is 1. The fourth-order valence-electron chi connectivity index (χ4n) is 9.65. The van der Waals surface area contributed by atoms with Crippen LogP contribution in [0.5, 0.6) is 0 Å². The highest BCUT2D eigenvalue weighted by atomic mass is 32.1. The summed E-state index contributed by atoms with van der Waals surface area (Å²) >= 11 is 1.88. The van der Waals surface area contributed by atoms with Crippen LogP contribution >= 0.6 is 11.3 Å². The van der Waals surface area contributed by atoms with Gasteiger partial charge in [-0.15, -0.1) is 11.3 Å². The van der Waals surface area contributed by atoms with Crippen LogP contribution in [-0.4, -0.2) is 4.98 Å². The van der Waals surface area contributed by atoms with Crippen LogP contribution in [0.4, 0.5) is 0 Å². The fourth-order valence-corrected chi connectivity index (χ4v) is 10.9. The van der Waals surface area contributed by atoms with Crippen molar-refractivity contribution in [3.63, 3.8) is 0 Å². The summed E-state index contributed by atoms with van der Waals surface area (Å²) in [5, 5.41) is 6.28. The lowest BCUT2D eigenvalue weighted by Crippen LogP contribution is -2.25. The van der Waals surface area contributed by atoms with Crippen molar-refractivity contribution in [1.29, 1.82) is 0 Å². The van der Waals surface area contributed by atoms with E-state index < -0.39 is 5.41 Å². The summed E-state index contributed by atoms with van der Waals surface area (Å²) in [7, 11) is 0. The molecule has 2 aliphatic carbocycles. The number of fused-ring (bicyclic) bond motifs is 17. The molecule has 0 N–H and O–H groups in total. The molecule has 0 bridgehead atoms. The van der Waals surface area contributed by atoms with Crippen LogP contribution in [0.15, 0.2) is 176 Å². The van der Waals surface area contributed by atoms with Gasteiger partial charge in [0.1, 0.15) is 0 Å². The lowest BCUT2D eigenvalue weighted by Gasteiger charge is -2.30. The Labute approximate surface area is 305 Å². The zero-order valence-corrected chi connectivity index (χ0v) is 28.9. The Morgan fingerprint density at radius 2 is 1.00 bits per heavy atom. The molecule has 240 valence electrons. The number of benzene rings is 8. The van der Waals surface area contributed by atoms with E-state index in [1.807, 2.05) is 11.3 Å². The van der Waals surface area contributed by atoms with Gasteiger partial charge in [-0.2, -0.15) is 0 Å². The predicted molar refractivity (Wildman–Crippen MR) is 219 cm³/mol. The minimum Gasteiger partial charge on any atom is -0.247 e. The van der Waals surface area contributed by atoms with Gasteiger partial charge in [0.2, 0.25) is 0 Å². The first-order valence-electron chi connectivity index (χ1n) is 18.0. The Morgan fingerprint density at radius 1 is 0.404 bits per heavy atom. The first kappa shape index (κ1) is 28.4.